The van der Waals surface area contributed by atoms with Gasteiger partial charge >= 0.3 is 5.51 Å². The number of amides is 1. The van der Waals surface area contributed by atoms with Gasteiger partial charge in [0, 0.05) is 25.0 Å². The van der Waals surface area contributed by atoms with Gasteiger partial charge in [-0.3, -0.25) is 4.79 Å². The van der Waals surface area contributed by atoms with Crippen molar-refractivity contribution in [2.75, 3.05) is 24.2 Å². The largest absolute Gasteiger partial charge is 0.441 e. The Kier molecular flexibility index (Phi) is 7.10. The number of alkyl halides is 3. The topological polar surface area (TPSA) is 54.0 Å². The minimum absolute atomic E-state index is 0.0868. The van der Waals surface area contributed by atoms with Crippen LogP contribution < -0.4 is 10.6 Å². The van der Waals surface area contributed by atoms with E-state index in [0.29, 0.717) is 17.4 Å². The van der Waals surface area contributed by atoms with E-state index in [1.807, 2.05) is 6.92 Å². The Labute approximate surface area is 129 Å². The molecule has 0 spiro atoms. The first-order valence-corrected chi connectivity index (χ1v) is 7.58. The third-order valence-corrected chi connectivity index (χ3v) is 3.32. The van der Waals surface area contributed by atoms with Crippen LogP contribution in [-0.2, 0) is 0 Å². The van der Waals surface area contributed by atoms with Gasteiger partial charge in [-0.2, -0.15) is 13.2 Å². The standard InChI is InChI=1S/C12H15ClF3N3OS/c1-2-3-17-10-9(13)6-8(7-19-10)11(20)18-4-5-21-12(14,15)16/h6-7H,2-5H2,1H3,(H,17,19)(H,18,20). The molecule has 1 rings (SSSR count). The van der Waals surface area contributed by atoms with E-state index in [2.05, 4.69) is 15.6 Å². The molecule has 0 radical (unpaired) electrons. The van der Waals surface area contributed by atoms with E-state index in [-0.39, 0.29) is 29.6 Å². The van der Waals surface area contributed by atoms with Crippen LogP contribution in [0.15, 0.2) is 12.3 Å². The van der Waals surface area contributed by atoms with E-state index in [4.69, 9.17) is 11.6 Å². The number of aromatic nitrogens is 1. The van der Waals surface area contributed by atoms with Crippen molar-refractivity contribution in [3.8, 4) is 0 Å². The minimum Gasteiger partial charge on any atom is -0.369 e. The molecule has 0 saturated heterocycles. The summed E-state index contributed by atoms with van der Waals surface area (Å²) >= 11 is 5.79. The number of carbonyl (C=O) groups is 1. The number of nitrogens with zero attached hydrogens (tertiary/aromatic N) is 1. The van der Waals surface area contributed by atoms with Crippen molar-refractivity contribution in [1.29, 1.82) is 0 Å². The van der Waals surface area contributed by atoms with Crippen LogP contribution in [0.4, 0.5) is 19.0 Å². The lowest BCUT2D eigenvalue weighted by atomic mass is 10.2. The van der Waals surface area contributed by atoms with Crippen LogP contribution in [0.1, 0.15) is 23.7 Å². The molecule has 0 aromatic carbocycles. The molecule has 21 heavy (non-hydrogen) atoms. The monoisotopic (exact) mass is 341 g/mol. The zero-order valence-corrected chi connectivity index (χ0v) is 12.8. The Morgan fingerprint density at radius 3 is 2.71 bits per heavy atom. The van der Waals surface area contributed by atoms with Gasteiger partial charge in [0.25, 0.3) is 5.91 Å². The maximum Gasteiger partial charge on any atom is 0.441 e. The predicted octanol–water partition coefficient (Wildman–Crippen LogP) is 3.54. The van der Waals surface area contributed by atoms with Crippen molar-refractivity contribution in [3.63, 3.8) is 0 Å². The van der Waals surface area contributed by atoms with E-state index >= 15 is 0 Å². The van der Waals surface area contributed by atoms with E-state index in [1.165, 1.54) is 12.3 Å². The molecule has 118 valence electrons. The van der Waals surface area contributed by atoms with Gasteiger partial charge < -0.3 is 10.6 Å². The number of halogens is 4. The molecule has 9 heteroatoms. The third kappa shape index (κ3) is 6.90. The maximum absolute atomic E-state index is 11.9. The number of anilines is 1. The van der Waals surface area contributed by atoms with E-state index in [1.54, 1.807) is 0 Å². The van der Waals surface area contributed by atoms with Crippen molar-refractivity contribution < 1.29 is 18.0 Å². The van der Waals surface area contributed by atoms with Gasteiger partial charge in [0.05, 0.1) is 10.6 Å². The van der Waals surface area contributed by atoms with Crippen molar-refractivity contribution >= 4 is 35.1 Å². The highest BCUT2D eigenvalue weighted by Crippen LogP contribution is 2.29. The Morgan fingerprint density at radius 2 is 2.14 bits per heavy atom. The predicted molar refractivity (Wildman–Crippen MR) is 78.9 cm³/mol. The first kappa shape index (κ1) is 17.9. The van der Waals surface area contributed by atoms with Crippen molar-refractivity contribution in [2.45, 2.75) is 18.9 Å². The summed E-state index contributed by atoms with van der Waals surface area (Å²) in [5.41, 5.74) is -4.08. The lowest BCUT2D eigenvalue weighted by Gasteiger charge is -2.09. The molecule has 0 saturated carbocycles. The number of carbonyl (C=O) groups excluding carboxylic acids is 1. The summed E-state index contributed by atoms with van der Waals surface area (Å²) in [6.45, 7) is 2.60. The highest BCUT2D eigenvalue weighted by Gasteiger charge is 2.27. The summed E-state index contributed by atoms with van der Waals surface area (Å²) in [5, 5.41) is 5.67. The van der Waals surface area contributed by atoms with Gasteiger partial charge in [-0.05, 0) is 24.2 Å². The molecule has 2 N–H and O–H groups in total. The lowest BCUT2D eigenvalue weighted by molar-refractivity contribution is -0.0327. The van der Waals surface area contributed by atoms with Crippen LogP contribution in [0, 0.1) is 0 Å². The summed E-state index contributed by atoms with van der Waals surface area (Å²) < 4.78 is 35.8. The molecule has 0 atom stereocenters. The second-order valence-electron chi connectivity index (χ2n) is 4.03. The average Bonchev–Trinajstić information content (AvgIpc) is 2.41. The minimum atomic E-state index is -4.29. The quantitative estimate of drug-likeness (QED) is 0.745. The van der Waals surface area contributed by atoms with Crippen LogP contribution >= 0.6 is 23.4 Å². The van der Waals surface area contributed by atoms with Crippen LogP contribution in [0.3, 0.4) is 0 Å². The van der Waals surface area contributed by atoms with Crippen LogP contribution in [0.5, 0.6) is 0 Å². The fourth-order valence-electron chi connectivity index (χ4n) is 1.37. The summed E-state index contributed by atoms with van der Waals surface area (Å²) in [7, 11) is 0. The molecule has 1 aromatic rings. The molecule has 1 aromatic heterocycles. The van der Waals surface area contributed by atoms with Crippen molar-refractivity contribution in [3.05, 3.63) is 22.8 Å². The Balaban J connectivity index is 2.49. The highest BCUT2D eigenvalue weighted by atomic mass is 35.5. The summed E-state index contributed by atoms with van der Waals surface area (Å²) in [6, 6.07) is 1.43. The van der Waals surface area contributed by atoms with Gasteiger partial charge in [-0.1, -0.05) is 18.5 Å². The van der Waals surface area contributed by atoms with E-state index in [0.717, 1.165) is 6.42 Å². The zero-order valence-electron chi connectivity index (χ0n) is 11.3. The van der Waals surface area contributed by atoms with Crippen LogP contribution in [-0.4, -0.2) is 35.2 Å². The Hall–Kier alpha value is -1.15. The molecular formula is C12H15ClF3N3OS. The van der Waals surface area contributed by atoms with Crippen molar-refractivity contribution in [1.82, 2.24) is 10.3 Å². The summed E-state index contributed by atoms with van der Waals surface area (Å²) in [5.74, 6) is -0.274. The molecule has 0 bridgehead atoms. The zero-order chi connectivity index (χ0) is 15.9. The SMILES string of the molecule is CCCNc1ncc(C(=O)NCCSC(F)(F)F)cc1Cl. The number of hydrogen-bond acceptors (Lipinski definition) is 4. The molecule has 1 amide bonds. The number of thioether (sulfide) groups is 1. The van der Waals surface area contributed by atoms with Crippen LogP contribution in [0.2, 0.25) is 5.02 Å². The normalized spacial score (nSPS) is 11.3. The molecule has 4 nitrogen and oxygen atoms in total. The van der Waals surface area contributed by atoms with E-state index < -0.39 is 11.4 Å². The Morgan fingerprint density at radius 1 is 1.43 bits per heavy atom. The van der Waals surface area contributed by atoms with Gasteiger partial charge in [0.15, 0.2) is 0 Å². The van der Waals surface area contributed by atoms with Crippen molar-refractivity contribution in [2.24, 2.45) is 0 Å². The van der Waals surface area contributed by atoms with Gasteiger partial charge in [0.1, 0.15) is 5.82 Å². The summed E-state index contributed by atoms with van der Waals surface area (Å²) in [4.78, 5) is 15.7. The molecule has 0 fully saturated rings. The fourth-order valence-corrected chi connectivity index (χ4v) is 2.04. The van der Waals surface area contributed by atoms with Gasteiger partial charge in [-0.25, -0.2) is 4.98 Å². The highest BCUT2D eigenvalue weighted by molar-refractivity contribution is 8.00. The maximum atomic E-state index is 11.9. The molecular weight excluding hydrogens is 327 g/mol. The number of rotatable bonds is 7. The fraction of sp³-hybridized carbons (Fsp3) is 0.500. The van der Waals surface area contributed by atoms with Gasteiger partial charge in [-0.15, -0.1) is 0 Å². The van der Waals surface area contributed by atoms with Gasteiger partial charge in [0.2, 0.25) is 0 Å². The van der Waals surface area contributed by atoms with Crippen LogP contribution in [0.25, 0.3) is 0 Å². The van der Waals surface area contributed by atoms with E-state index in [9.17, 15) is 18.0 Å². The Bertz CT molecular complexity index is 485. The average molecular weight is 342 g/mol. The summed E-state index contributed by atoms with van der Waals surface area (Å²) in [6.07, 6.45) is 2.23. The lowest BCUT2D eigenvalue weighted by Crippen LogP contribution is -2.26. The third-order valence-electron chi connectivity index (χ3n) is 2.30. The molecule has 0 aliphatic carbocycles. The number of nitrogens with one attached hydrogen (secondary N) is 2. The molecule has 0 aliphatic heterocycles. The number of hydrogen-bond donors (Lipinski definition) is 2. The smallest absolute Gasteiger partial charge is 0.369 e. The first-order chi connectivity index (χ1) is 9.83. The second kappa shape index (κ2) is 8.33. The molecule has 0 aliphatic rings. The second-order valence-corrected chi connectivity index (χ2v) is 5.60. The molecule has 1 heterocycles. The number of pyridine rings is 1. The first-order valence-electron chi connectivity index (χ1n) is 6.21. The molecule has 0 unspecified atom stereocenters.